The van der Waals surface area contributed by atoms with Crippen LogP contribution in [0.2, 0.25) is 0 Å². The van der Waals surface area contributed by atoms with Crippen molar-refractivity contribution in [2.45, 2.75) is 59.5 Å². The molecule has 0 aliphatic rings. The molecule has 0 atom stereocenters. The zero-order chi connectivity index (χ0) is 15.6. The molecule has 0 spiro atoms. The van der Waals surface area contributed by atoms with Crippen molar-refractivity contribution in [2.75, 3.05) is 0 Å². The first-order chi connectivity index (χ1) is 8.98. The van der Waals surface area contributed by atoms with Crippen LogP contribution in [0.1, 0.15) is 58.2 Å². The Morgan fingerprint density at radius 1 is 0.850 bits per heavy atom. The zero-order valence-electron chi connectivity index (χ0n) is 13.7. The predicted octanol–water partition coefficient (Wildman–Crippen LogP) is 4.14. The summed E-state index contributed by atoms with van der Waals surface area (Å²) >= 11 is 0. The van der Waals surface area contributed by atoms with Crippen molar-refractivity contribution in [3.8, 4) is 5.75 Å². The second-order valence-corrected chi connectivity index (χ2v) is 7.15. The summed E-state index contributed by atoms with van der Waals surface area (Å²) < 4.78 is 0. The molecule has 3 nitrogen and oxygen atoms in total. The fourth-order valence-electron chi connectivity index (χ4n) is 1.56. The first-order valence-electron chi connectivity index (χ1n) is 6.92. The number of nitrogens with zero attached hydrogens (tertiary/aromatic N) is 2. The lowest BCUT2D eigenvalue weighted by atomic mass is 10.0. The molecule has 1 aromatic rings. The van der Waals surface area contributed by atoms with Gasteiger partial charge in [0.25, 0.3) is 0 Å². The topological polar surface area (TPSA) is 45.0 Å². The van der Waals surface area contributed by atoms with Crippen LogP contribution >= 0.6 is 0 Å². The maximum atomic E-state index is 10.3. The second kappa shape index (κ2) is 5.78. The molecular weight excluding hydrogens is 248 g/mol. The molecule has 0 amide bonds. The Hall–Kier alpha value is -1.64. The van der Waals surface area contributed by atoms with Crippen LogP contribution in [-0.4, -0.2) is 28.6 Å². The molecule has 20 heavy (non-hydrogen) atoms. The second-order valence-electron chi connectivity index (χ2n) is 7.15. The van der Waals surface area contributed by atoms with Gasteiger partial charge in [0.1, 0.15) is 5.75 Å². The van der Waals surface area contributed by atoms with Crippen molar-refractivity contribution in [1.29, 1.82) is 0 Å². The number of phenolic OH excluding ortho intramolecular Hbond substituents is 1. The molecule has 110 valence electrons. The van der Waals surface area contributed by atoms with Gasteiger partial charge in [-0.2, -0.15) is 0 Å². The number of aromatic hydroxyl groups is 1. The molecule has 0 aliphatic carbocycles. The van der Waals surface area contributed by atoms with Crippen LogP contribution in [0.4, 0.5) is 0 Å². The summed E-state index contributed by atoms with van der Waals surface area (Å²) in [6, 6.07) is 3.86. The summed E-state index contributed by atoms with van der Waals surface area (Å²) in [7, 11) is 0. The third-order valence-corrected chi connectivity index (χ3v) is 2.50. The summed E-state index contributed by atoms with van der Waals surface area (Å²) in [4.78, 5) is 8.90. The SMILES string of the molecule is Cc1cc(C=NC(C)(C)C)c(O)c(C=NC(C)(C)C)c1. The molecule has 1 N–H and O–H groups in total. The third kappa shape index (κ3) is 5.55. The highest BCUT2D eigenvalue weighted by atomic mass is 16.3. The van der Waals surface area contributed by atoms with Crippen LogP contribution in [0.3, 0.4) is 0 Å². The third-order valence-electron chi connectivity index (χ3n) is 2.50. The van der Waals surface area contributed by atoms with Crippen LogP contribution in [0, 0.1) is 6.92 Å². The lowest BCUT2D eigenvalue weighted by molar-refractivity contribution is 0.473. The Balaban J connectivity index is 3.20. The minimum atomic E-state index is -0.157. The Bertz CT molecular complexity index is 484. The fraction of sp³-hybridized carbons (Fsp3) is 0.529. The number of aliphatic imine (C=N–C) groups is 2. The molecule has 0 fully saturated rings. The highest BCUT2D eigenvalue weighted by molar-refractivity contribution is 5.92. The van der Waals surface area contributed by atoms with Crippen molar-refractivity contribution >= 4 is 12.4 Å². The van der Waals surface area contributed by atoms with Crippen LogP contribution in [-0.2, 0) is 0 Å². The Labute approximate surface area is 122 Å². The molecule has 1 rings (SSSR count). The summed E-state index contributed by atoms with van der Waals surface area (Å²) in [6.45, 7) is 14.2. The molecule has 0 saturated heterocycles. The van der Waals surface area contributed by atoms with Gasteiger partial charge in [-0.25, -0.2) is 0 Å². The average molecular weight is 274 g/mol. The van der Waals surface area contributed by atoms with Crippen molar-refractivity contribution < 1.29 is 5.11 Å². The van der Waals surface area contributed by atoms with Crippen molar-refractivity contribution in [2.24, 2.45) is 9.98 Å². The van der Waals surface area contributed by atoms with E-state index in [0.717, 1.165) is 16.7 Å². The Morgan fingerprint density at radius 3 is 1.50 bits per heavy atom. The van der Waals surface area contributed by atoms with Gasteiger partial charge in [0.2, 0.25) is 0 Å². The van der Waals surface area contributed by atoms with Gasteiger partial charge < -0.3 is 5.11 Å². The van der Waals surface area contributed by atoms with Crippen molar-refractivity contribution in [3.63, 3.8) is 0 Å². The monoisotopic (exact) mass is 274 g/mol. The van der Waals surface area contributed by atoms with E-state index < -0.39 is 0 Å². The summed E-state index contributed by atoms with van der Waals surface area (Å²) in [6.07, 6.45) is 3.47. The van der Waals surface area contributed by atoms with Crippen LogP contribution in [0.5, 0.6) is 5.75 Å². The minimum Gasteiger partial charge on any atom is -0.507 e. The first-order valence-corrected chi connectivity index (χ1v) is 6.92. The standard InChI is InChI=1S/C17H26N2O/c1-12-8-13(10-18-16(2,3)4)15(20)14(9-12)11-19-17(5,6)7/h8-11,20H,1-7H3. The Morgan fingerprint density at radius 2 is 1.20 bits per heavy atom. The largest absolute Gasteiger partial charge is 0.507 e. The highest BCUT2D eigenvalue weighted by Crippen LogP contribution is 2.23. The van der Waals surface area contributed by atoms with E-state index in [1.54, 1.807) is 12.4 Å². The van der Waals surface area contributed by atoms with Gasteiger partial charge in [-0.05, 0) is 66.2 Å². The number of rotatable bonds is 2. The van der Waals surface area contributed by atoms with E-state index in [1.807, 2.05) is 60.6 Å². The predicted molar refractivity (Wildman–Crippen MR) is 87.5 cm³/mol. The molecule has 0 heterocycles. The fourth-order valence-corrected chi connectivity index (χ4v) is 1.56. The number of hydrogen-bond donors (Lipinski definition) is 1. The average Bonchev–Trinajstić information content (AvgIpc) is 2.25. The quantitative estimate of drug-likeness (QED) is 0.809. The van der Waals surface area contributed by atoms with Gasteiger partial charge in [0.05, 0.1) is 11.1 Å². The zero-order valence-corrected chi connectivity index (χ0v) is 13.7. The normalized spacial score (nSPS) is 13.6. The lowest BCUT2D eigenvalue weighted by Gasteiger charge is -2.13. The molecule has 1 aromatic carbocycles. The van der Waals surface area contributed by atoms with Gasteiger partial charge in [-0.15, -0.1) is 0 Å². The van der Waals surface area contributed by atoms with Gasteiger partial charge in [0, 0.05) is 23.6 Å². The highest BCUT2D eigenvalue weighted by Gasteiger charge is 2.10. The number of aryl methyl sites for hydroxylation is 1. The van der Waals surface area contributed by atoms with E-state index in [4.69, 9.17) is 0 Å². The smallest absolute Gasteiger partial charge is 0.133 e. The van der Waals surface area contributed by atoms with Crippen LogP contribution < -0.4 is 0 Å². The van der Waals surface area contributed by atoms with E-state index in [0.29, 0.717) is 0 Å². The lowest BCUT2D eigenvalue weighted by Crippen LogP contribution is -2.10. The van der Waals surface area contributed by atoms with Gasteiger partial charge in [-0.3, -0.25) is 9.98 Å². The number of phenols is 1. The molecule has 0 saturated carbocycles. The molecule has 0 aromatic heterocycles. The maximum Gasteiger partial charge on any atom is 0.133 e. The van der Waals surface area contributed by atoms with E-state index in [-0.39, 0.29) is 16.8 Å². The summed E-state index contributed by atoms with van der Waals surface area (Å²) in [5.74, 6) is 0.233. The number of hydrogen-bond acceptors (Lipinski definition) is 3. The molecule has 0 bridgehead atoms. The van der Waals surface area contributed by atoms with Crippen LogP contribution in [0.25, 0.3) is 0 Å². The van der Waals surface area contributed by atoms with Gasteiger partial charge >= 0.3 is 0 Å². The van der Waals surface area contributed by atoms with Crippen molar-refractivity contribution in [3.05, 3.63) is 28.8 Å². The van der Waals surface area contributed by atoms with Gasteiger partial charge in [-0.1, -0.05) is 0 Å². The van der Waals surface area contributed by atoms with E-state index >= 15 is 0 Å². The summed E-state index contributed by atoms with van der Waals surface area (Å²) in [5.41, 5.74) is 2.23. The minimum absolute atomic E-state index is 0.157. The molecule has 0 unspecified atom stereocenters. The molecule has 3 heteroatoms. The maximum absolute atomic E-state index is 10.3. The molecular formula is C17H26N2O. The van der Waals surface area contributed by atoms with Crippen molar-refractivity contribution in [1.82, 2.24) is 0 Å². The first kappa shape index (κ1) is 16.4. The Kier molecular flexibility index (Phi) is 4.74. The molecule has 0 radical (unpaired) electrons. The van der Waals surface area contributed by atoms with E-state index in [9.17, 15) is 5.11 Å². The van der Waals surface area contributed by atoms with Gasteiger partial charge in [0.15, 0.2) is 0 Å². The summed E-state index contributed by atoms with van der Waals surface area (Å²) in [5, 5.41) is 10.3. The van der Waals surface area contributed by atoms with E-state index in [1.165, 1.54) is 0 Å². The van der Waals surface area contributed by atoms with Crippen LogP contribution in [0.15, 0.2) is 22.1 Å². The van der Waals surface area contributed by atoms with E-state index in [2.05, 4.69) is 9.98 Å². The molecule has 0 aliphatic heterocycles. The number of benzene rings is 1.